The number of aryl methyl sites for hydroxylation is 1. The van der Waals surface area contributed by atoms with Gasteiger partial charge in [-0.25, -0.2) is 0 Å². The Balaban J connectivity index is 3.24. The lowest BCUT2D eigenvalue weighted by Crippen LogP contribution is -2.05. The van der Waals surface area contributed by atoms with E-state index in [1.807, 2.05) is 0 Å². The van der Waals surface area contributed by atoms with Gasteiger partial charge in [0.2, 0.25) is 6.29 Å². The fraction of sp³-hybridized carbons (Fsp3) is 0.200. The zero-order valence-corrected chi connectivity index (χ0v) is 8.51. The monoisotopic (exact) mass is 211 g/mol. The van der Waals surface area contributed by atoms with E-state index in [0.717, 1.165) is 0 Å². The molecule has 0 aliphatic rings. The molecule has 0 spiro atoms. The Hall–Kier alpha value is -1.35. The summed E-state index contributed by atoms with van der Waals surface area (Å²) in [6.07, 6.45) is 1.67. The lowest BCUT2D eigenvalue weighted by molar-refractivity contribution is -0.131. The first-order chi connectivity index (χ1) is 6.54. The molecule has 14 heavy (non-hydrogen) atoms. The number of rotatable bonds is 2. The third kappa shape index (κ3) is 2.33. The van der Waals surface area contributed by atoms with Crippen molar-refractivity contribution in [3.63, 3.8) is 0 Å². The van der Waals surface area contributed by atoms with Crippen molar-refractivity contribution in [3.8, 4) is 5.75 Å². The molecule has 0 aliphatic heterocycles. The fourth-order valence-corrected chi connectivity index (χ4v) is 1.36. The van der Waals surface area contributed by atoms with Crippen LogP contribution in [0.25, 0.3) is 0 Å². The molecule has 0 saturated heterocycles. The van der Waals surface area contributed by atoms with Crippen LogP contribution in [0.15, 0.2) is 12.1 Å². The topological polar surface area (TPSA) is 43.4 Å². The van der Waals surface area contributed by atoms with Crippen molar-refractivity contribution in [1.82, 2.24) is 0 Å². The van der Waals surface area contributed by atoms with Gasteiger partial charge >= 0.3 is 5.97 Å². The summed E-state index contributed by atoms with van der Waals surface area (Å²) in [7, 11) is 0. The summed E-state index contributed by atoms with van der Waals surface area (Å²) in [6, 6.07) is 3.01. The highest BCUT2D eigenvalue weighted by atomic mass is 35.5. The molecular formula is C10H8ClO3. The number of benzene rings is 1. The van der Waals surface area contributed by atoms with Crippen molar-refractivity contribution < 1.29 is 14.3 Å². The molecule has 4 heteroatoms. The zero-order chi connectivity index (χ0) is 10.7. The number of esters is 1. The van der Waals surface area contributed by atoms with Gasteiger partial charge in [-0.05, 0) is 24.6 Å². The molecule has 0 saturated carbocycles. The number of hydrogen-bond donors (Lipinski definition) is 0. The predicted molar refractivity (Wildman–Crippen MR) is 52.3 cm³/mol. The number of carbonyl (C=O) groups excluding carboxylic acids is 2. The van der Waals surface area contributed by atoms with E-state index in [4.69, 9.17) is 16.3 Å². The van der Waals surface area contributed by atoms with Crippen molar-refractivity contribution in [2.24, 2.45) is 0 Å². The summed E-state index contributed by atoms with van der Waals surface area (Å²) < 4.78 is 4.86. The van der Waals surface area contributed by atoms with E-state index in [0.29, 0.717) is 10.6 Å². The molecule has 0 atom stereocenters. The van der Waals surface area contributed by atoms with Crippen molar-refractivity contribution in [2.45, 2.75) is 13.8 Å². The van der Waals surface area contributed by atoms with Gasteiger partial charge in [0, 0.05) is 11.9 Å². The molecule has 0 N–H and O–H groups in total. The molecule has 1 aromatic rings. The number of halogens is 1. The van der Waals surface area contributed by atoms with Crippen LogP contribution in [0.5, 0.6) is 5.75 Å². The molecule has 3 nitrogen and oxygen atoms in total. The van der Waals surface area contributed by atoms with E-state index in [1.54, 1.807) is 19.3 Å². The van der Waals surface area contributed by atoms with Gasteiger partial charge in [-0.15, -0.1) is 0 Å². The Morgan fingerprint density at radius 3 is 2.64 bits per heavy atom. The molecule has 0 aromatic heterocycles. The minimum atomic E-state index is -0.480. The first-order valence-corrected chi connectivity index (χ1v) is 4.29. The molecule has 1 radical (unpaired) electrons. The second-order valence-electron chi connectivity index (χ2n) is 2.80. The number of carbonyl (C=O) groups is 1. The van der Waals surface area contributed by atoms with Gasteiger partial charge in [-0.2, -0.15) is 0 Å². The maximum absolute atomic E-state index is 10.7. The van der Waals surface area contributed by atoms with E-state index in [-0.39, 0.29) is 11.3 Å². The third-order valence-corrected chi connectivity index (χ3v) is 1.81. The molecule has 0 aliphatic carbocycles. The van der Waals surface area contributed by atoms with Crippen molar-refractivity contribution in [3.05, 3.63) is 28.3 Å². The lowest BCUT2D eigenvalue weighted by Gasteiger charge is -2.07. The summed E-state index contributed by atoms with van der Waals surface area (Å²) >= 11 is 5.72. The number of hydrogen-bond acceptors (Lipinski definition) is 3. The van der Waals surface area contributed by atoms with E-state index in [2.05, 4.69) is 0 Å². The summed E-state index contributed by atoms with van der Waals surface area (Å²) in [6.45, 7) is 2.97. The van der Waals surface area contributed by atoms with Crippen LogP contribution in [0.1, 0.15) is 18.1 Å². The van der Waals surface area contributed by atoms with Gasteiger partial charge in [0.05, 0.1) is 5.56 Å². The standard InChI is InChI=1S/C10H8ClO3/c1-6-3-9(11)4-8(5-12)10(6)14-7(2)13/h3-4H,1-2H3. The highest BCUT2D eigenvalue weighted by molar-refractivity contribution is 6.31. The van der Waals surface area contributed by atoms with Crippen LogP contribution in [-0.2, 0) is 9.59 Å². The van der Waals surface area contributed by atoms with Crippen molar-refractivity contribution >= 4 is 23.9 Å². The molecule has 1 aromatic carbocycles. The second-order valence-corrected chi connectivity index (χ2v) is 3.23. The van der Waals surface area contributed by atoms with Gasteiger partial charge < -0.3 is 4.74 Å². The molecule has 1 rings (SSSR count). The summed E-state index contributed by atoms with van der Waals surface area (Å²) in [5.74, 6) is -0.260. The minimum absolute atomic E-state index is 0.158. The highest BCUT2D eigenvalue weighted by Crippen LogP contribution is 2.26. The summed E-state index contributed by atoms with van der Waals surface area (Å²) in [5.41, 5.74) is 0.788. The third-order valence-electron chi connectivity index (χ3n) is 1.60. The van der Waals surface area contributed by atoms with Crippen LogP contribution >= 0.6 is 11.6 Å². The maximum atomic E-state index is 10.7. The van der Waals surface area contributed by atoms with Crippen LogP contribution in [0.4, 0.5) is 0 Å². The van der Waals surface area contributed by atoms with Crippen LogP contribution in [0, 0.1) is 6.92 Å². The molecule has 0 unspecified atom stereocenters. The molecule has 0 amide bonds. The summed E-state index contributed by atoms with van der Waals surface area (Å²) in [4.78, 5) is 21.3. The van der Waals surface area contributed by atoms with Gasteiger partial charge in [-0.3, -0.25) is 9.59 Å². The molecular weight excluding hydrogens is 204 g/mol. The van der Waals surface area contributed by atoms with E-state index in [9.17, 15) is 9.59 Å². The Labute approximate surface area is 86.6 Å². The van der Waals surface area contributed by atoms with Crippen molar-refractivity contribution in [1.29, 1.82) is 0 Å². The first-order valence-electron chi connectivity index (χ1n) is 3.91. The molecule has 0 heterocycles. The van der Waals surface area contributed by atoms with E-state index < -0.39 is 5.97 Å². The average Bonchev–Trinajstić information content (AvgIpc) is 2.08. The average molecular weight is 212 g/mol. The highest BCUT2D eigenvalue weighted by Gasteiger charge is 2.10. The maximum Gasteiger partial charge on any atom is 0.308 e. The zero-order valence-electron chi connectivity index (χ0n) is 7.76. The minimum Gasteiger partial charge on any atom is -0.426 e. The lowest BCUT2D eigenvalue weighted by atomic mass is 10.1. The SMILES string of the molecule is CC(=O)Oc1c(C)cc(Cl)cc1[C]=O. The van der Waals surface area contributed by atoms with Crippen LogP contribution < -0.4 is 4.74 Å². The Bertz CT molecular complexity index is 385. The van der Waals surface area contributed by atoms with E-state index >= 15 is 0 Å². The second kappa shape index (κ2) is 4.24. The van der Waals surface area contributed by atoms with Crippen LogP contribution in [0.3, 0.4) is 0 Å². The van der Waals surface area contributed by atoms with Crippen molar-refractivity contribution in [2.75, 3.05) is 0 Å². The van der Waals surface area contributed by atoms with Gasteiger partial charge in [-0.1, -0.05) is 11.6 Å². The molecule has 0 fully saturated rings. The van der Waals surface area contributed by atoms with Crippen LogP contribution in [-0.4, -0.2) is 12.3 Å². The Kier molecular flexibility index (Phi) is 3.25. The first kappa shape index (κ1) is 10.7. The Morgan fingerprint density at radius 1 is 1.50 bits per heavy atom. The van der Waals surface area contributed by atoms with Gasteiger partial charge in [0.15, 0.2) is 0 Å². The molecule has 73 valence electrons. The largest absolute Gasteiger partial charge is 0.426 e. The van der Waals surface area contributed by atoms with Gasteiger partial charge in [0.25, 0.3) is 0 Å². The number of ether oxygens (including phenoxy) is 1. The quantitative estimate of drug-likeness (QED) is 0.555. The normalized spacial score (nSPS) is 9.64. The predicted octanol–water partition coefficient (Wildman–Crippen LogP) is 2.03. The smallest absolute Gasteiger partial charge is 0.308 e. The Morgan fingerprint density at radius 2 is 2.14 bits per heavy atom. The van der Waals surface area contributed by atoms with Crippen LogP contribution in [0.2, 0.25) is 5.02 Å². The molecule has 0 bridgehead atoms. The summed E-state index contributed by atoms with van der Waals surface area (Å²) in [5, 5.41) is 0.414. The fourth-order valence-electron chi connectivity index (χ4n) is 1.08. The van der Waals surface area contributed by atoms with Gasteiger partial charge in [0.1, 0.15) is 5.75 Å². The van der Waals surface area contributed by atoms with E-state index in [1.165, 1.54) is 13.0 Å².